The molecule has 1 aliphatic carbocycles. The van der Waals surface area contributed by atoms with Gasteiger partial charge >= 0.3 is 0 Å². The summed E-state index contributed by atoms with van der Waals surface area (Å²) in [5, 5.41) is 0. The number of nitrogens with zero attached hydrogens (tertiary/aromatic N) is 1. The monoisotopic (exact) mass is 155 g/mol. The van der Waals surface area contributed by atoms with Crippen molar-refractivity contribution in [2.75, 3.05) is 13.6 Å². The quantitative estimate of drug-likeness (QED) is 0.603. The Morgan fingerprint density at radius 2 is 2.09 bits per heavy atom. The van der Waals surface area contributed by atoms with E-state index in [1.54, 1.807) is 0 Å². The smallest absolute Gasteiger partial charge is 0.00923 e. The van der Waals surface area contributed by atoms with E-state index in [1.807, 2.05) is 0 Å². The van der Waals surface area contributed by atoms with Gasteiger partial charge < -0.3 is 4.90 Å². The number of hydrogen-bond donors (Lipinski definition) is 0. The normalized spacial score (nSPS) is 21.8. The highest BCUT2D eigenvalue weighted by molar-refractivity contribution is 4.78. The fourth-order valence-corrected chi connectivity index (χ4v) is 1.60. The predicted octanol–water partition coefficient (Wildman–Crippen LogP) is 2.52. The molecule has 0 spiro atoms. The minimum atomic E-state index is 0.876. The van der Waals surface area contributed by atoms with Crippen molar-refractivity contribution < 1.29 is 0 Å². The first-order chi connectivity index (χ1) is 5.24. The molecule has 0 aromatic rings. The molecule has 0 amide bonds. The summed E-state index contributed by atoms with van der Waals surface area (Å²) in [6.07, 6.45) is 5.65. The van der Waals surface area contributed by atoms with E-state index in [-0.39, 0.29) is 0 Å². The molecule has 1 aliphatic rings. The van der Waals surface area contributed by atoms with Gasteiger partial charge in [-0.1, -0.05) is 26.7 Å². The van der Waals surface area contributed by atoms with Crippen molar-refractivity contribution in [1.82, 2.24) is 4.90 Å². The first-order valence-electron chi connectivity index (χ1n) is 4.94. The average molecular weight is 155 g/mol. The Balaban J connectivity index is 2.13. The first-order valence-corrected chi connectivity index (χ1v) is 4.94. The zero-order valence-electron chi connectivity index (χ0n) is 8.14. The Labute approximate surface area is 70.8 Å². The van der Waals surface area contributed by atoms with Crippen molar-refractivity contribution in [3.05, 3.63) is 0 Å². The van der Waals surface area contributed by atoms with Crippen LogP contribution in [0.5, 0.6) is 0 Å². The number of rotatable bonds is 4. The maximum Gasteiger partial charge on any atom is 0.00923 e. The van der Waals surface area contributed by atoms with E-state index >= 15 is 0 Å². The Hall–Kier alpha value is -0.0400. The minimum Gasteiger partial charge on any atom is -0.303 e. The largest absolute Gasteiger partial charge is 0.303 e. The van der Waals surface area contributed by atoms with Gasteiger partial charge in [-0.15, -0.1) is 0 Å². The van der Waals surface area contributed by atoms with Crippen molar-refractivity contribution in [3.8, 4) is 0 Å². The van der Waals surface area contributed by atoms with Crippen LogP contribution in [0, 0.1) is 5.92 Å². The van der Waals surface area contributed by atoms with Crippen LogP contribution in [0.3, 0.4) is 0 Å². The Bertz CT molecular complexity index is 107. The van der Waals surface area contributed by atoms with Crippen LogP contribution in [-0.4, -0.2) is 24.5 Å². The van der Waals surface area contributed by atoms with Crippen molar-refractivity contribution in [2.24, 2.45) is 5.92 Å². The molecule has 66 valence electrons. The molecule has 1 nitrogen and oxygen atoms in total. The second kappa shape index (κ2) is 4.10. The molecule has 0 N–H and O–H groups in total. The lowest BCUT2D eigenvalue weighted by Gasteiger charge is -2.36. The molecule has 0 aliphatic heterocycles. The van der Waals surface area contributed by atoms with Gasteiger partial charge in [0.1, 0.15) is 0 Å². The lowest BCUT2D eigenvalue weighted by molar-refractivity contribution is 0.140. The van der Waals surface area contributed by atoms with E-state index in [4.69, 9.17) is 0 Å². The summed E-state index contributed by atoms with van der Waals surface area (Å²) in [6.45, 7) is 5.91. The van der Waals surface area contributed by atoms with Gasteiger partial charge in [0.05, 0.1) is 0 Å². The van der Waals surface area contributed by atoms with Crippen LogP contribution in [0.4, 0.5) is 0 Å². The van der Waals surface area contributed by atoms with E-state index in [0.29, 0.717) is 0 Å². The summed E-state index contributed by atoms with van der Waals surface area (Å²) in [4.78, 5) is 2.54. The van der Waals surface area contributed by atoms with E-state index < -0.39 is 0 Å². The summed E-state index contributed by atoms with van der Waals surface area (Å²) in [7, 11) is 2.27. The molecule has 1 rings (SSSR count). The third-order valence-corrected chi connectivity index (χ3v) is 2.99. The van der Waals surface area contributed by atoms with E-state index in [9.17, 15) is 0 Å². The summed E-state index contributed by atoms with van der Waals surface area (Å²) in [5.41, 5.74) is 0. The highest BCUT2D eigenvalue weighted by Gasteiger charge is 2.22. The fraction of sp³-hybridized carbons (Fsp3) is 1.00. The Kier molecular flexibility index (Phi) is 3.38. The predicted molar refractivity (Wildman–Crippen MR) is 49.7 cm³/mol. The molecule has 0 radical (unpaired) electrons. The Morgan fingerprint density at radius 3 is 2.45 bits per heavy atom. The first kappa shape index (κ1) is 9.05. The van der Waals surface area contributed by atoms with Crippen LogP contribution in [0.25, 0.3) is 0 Å². The second-order valence-electron chi connectivity index (χ2n) is 4.04. The van der Waals surface area contributed by atoms with Crippen LogP contribution in [0.1, 0.15) is 39.5 Å². The lowest BCUT2D eigenvalue weighted by Crippen LogP contribution is -2.39. The molecule has 0 aromatic heterocycles. The molecule has 0 aromatic carbocycles. The lowest BCUT2D eigenvalue weighted by atomic mass is 9.91. The van der Waals surface area contributed by atoms with Crippen molar-refractivity contribution in [2.45, 2.75) is 45.6 Å². The van der Waals surface area contributed by atoms with E-state index in [1.165, 1.54) is 32.2 Å². The van der Waals surface area contributed by atoms with Gasteiger partial charge in [-0.2, -0.15) is 0 Å². The highest BCUT2D eigenvalue weighted by atomic mass is 15.1. The highest BCUT2D eigenvalue weighted by Crippen LogP contribution is 2.24. The molecular formula is C10H21N. The maximum absolute atomic E-state index is 2.54. The van der Waals surface area contributed by atoms with Crippen molar-refractivity contribution in [1.29, 1.82) is 0 Å². The molecule has 1 heteroatoms. The van der Waals surface area contributed by atoms with Gasteiger partial charge in [0.15, 0.2) is 0 Å². The van der Waals surface area contributed by atoms with Gasteiger partial charge in [0.25, 0.3) is 0 Å². The minimum absolute atomic E-state index is 0.876. The van der Waals surface area contributed by atoms with E-state index in [0.717, 1.165) is 12.0 Å². The molecule has 1 atom stereocenters. The van der Waals surface area contributed by atoms with E-state index in [2.05, 4.69) is 25.8 Å². The SMILES string of the molecule is CCC(C)CN(C)C1CCC1. The molecule has 0 bridgehead atoms. The third-order valence-electron chi connectivity index (χ3n) is 2.99. The van der Waals surface area contributed by atoms with Crippen LogP contribution in [0.15, 0.2) is 0 Å². The van der Waals surface area contributed by atoms with Gasteiger partial charge in [0.2, 0.25) is 0 Å². The third kappa shape index (κ3) is 2.48. The molecule has 1 fully saturated rings. The summed E-state index contributed by atoms with van der Waals surface area (Å²) < 4.78 is 0. The molecular weight excluding hydrogens is 134 g/mol. The summed E-state index contributed by atoms with van der Waals surface area (Å²) >= 11 is 0. The average Bonchev–Trinajstić information content (AvgIpc) is 1.83. The van der Waals surface area contributed by atoms with Crippen LogP contribution >= 0.6 is 0 Å². The molecule has 1 saturated carbocycles. The van der Waals surface area contributed by atoms with Crippen LogP contribution in [-0.2, 0) is 0 Å². The fourth-order valence-electron chi connectivity index (χ4n) is 1.60. The van der Waals surface area contributed by atoms with Gasteiger partial charge in [-0.3, -0.25) is 0 Å². The van der Waals surface area contributed by atoms with Gasteiger partial charge in [-0.25, -0.2) is 0 Å². The zero-order chi connectivity index (χ0) is 8.27. The Morgan fingerprint density at radius 1 is 1.45 bits per heavy atom. The molecule has 0 heterocycles. The summed E-state index contributed by atoms with van der Waals surface area (Å²) in [5.74, 6) is 0.876. The zero-order valence-corrected chi connectivity index (χ0v) is 8.14. The molecule has 11 heavy (non-hydrogen) atoms. The van der Waals surface area contributed by atoms with Crippen molar-refractivity contribution in [3.63, 3.8) is 0 Å². The summed E-state index contributed by atoms with van der Waals surface area (Å²) in [6, 6.07) is 0.920. The van der Waals surface area contributed by atoms with Gasteiger partial charge in [0, 0.05) is 12.6 Å². The topological polar surface area (TPSA) is 3.24 Å². The maximum atomic E-state index is 2.54. The standard InChI is InChI=1S/C10H21N/c1-4-9(2)8-11(3)10-6-5-7-10/h9-10H,4-8H2,1-3H3. The van der Waals surface area contributed by atoms with Crippen LogP contribution in [0.2, 0.25) is 0 Å². The molecule has 0 saturated heterocycles. The number of hydrogen-bond acceptors (Lipinski definition) is 1. The second-order valence-corrected chi connectivity index (χ2v) is 4.04. The molecule has 1 unspecified atom stereocenters. The van der Waals surface area contributed by atoms with Crippen LogP contribution < -0.4 is 0 Å². The van der Waals surface area contributed by atoms with Gasteiger partial charge in [-0.05, 0) is 25.8 Å². The van der Waals surface area contributed by atoms with Crippen molar-refractivity contribution >= 4 is 0 Å².